The minimum absolute atomic E-state index is 0.0254. The largest absolute Gasteiger partial charge is 0.485 e. The van der Waals surface area contributed by atoms with Gasteiger partial charge in [-0.2, -0.15) is 0 Å². The van der Waals surface area contributed by atoms with Crippen LogP contribution in [-0.4, -0.2) is 41.8 Å². The van der Waals surface area contributed by atoms with Gasteiger partial charge < -0.3 is 24.6 Å². The number of fused-ring (bicyclic) bond motifs is 1. The first kappa shape index (κ1) is 14.9. The summed E-state index contributed by atoms with van der Waals surface area (Å²) in [6, 6.07) is 9.16. The molecule has 24 heavy (non-hydrogen) atoms. The lowest BCUT2D eigenvalue weighted by atomic mass is 9.93. The molecule has 2 aromatic rings. The van der Waals surface area contributed by atoms with Crippen LogP contribution < -0.4 is 15.2 Å². The summed E-state index contributed by atoms with van der Waals surface area (Å²) in [6.07, 6.45) is 1.09. The van der Waals surface area contributed by atoms with Gasteiger partial charge in [0.1, 0.15) is 6.61 Å². The number of nitrogen functional groups attached to an aromatic ring is 1. The van der Waals surface area contributed by atoms with Crippen LogP contribution in [0.25, 0.3) is 0 Å². The molecule has 1 fully saturated rings. The van der Waals surface area contributed by atoms with Gasteiger partial charge in [-0.15, -0.1) is 0 Å². The van der Waals surface area contributed by atoms with Crippen molar-refractivity contribution in [1.29, 1.82) is 0 Å². The highest BCUT2D eigenvalue weighted by molar-refractivity contribution is 5.82. The molecule has 0 unspecified atom stereocenters. The summed E-state index contributed by atoms with van der Waals surface area (Å²) in [7, 11) is 0. The highest BCUT2D eigenvalue weighted by Gasteiger charge is 2.33. The topological polar surface area (TPSA) is 90.8 Å². The van der Waals surface area contributed by atoms with Gasteiger partial charge >= 0.3 is 0 Å². The molecule has 7 nitrogen and oxygen atoms in total. The van der Waals surface area contributed by atoms with Crippen molar-refractivity contribution in [1.82, 2.24) is 10.1 Å². The van der Waals surface area contributed by atoms with Gasteiger partial charge in [-0.1, -0.05) is 17.3 Å². The van der Waals surface area contributed by atoms with Crippen LogP contribution in [-0.2, 0) is 4.79 Å². The highest BCUT2D eigenvalue weighted by atomic mass is 16.6. The summed E-state index contributed by atoms with van der Waals surface area (Å²) in [5, 5.41) is 3.98. The normalized spacial score (nSPS) is 20.8. The third-order valence-electron chi connectivity index (χ3n) is 4.56. The second-order valence-electron chi connectivity index (χ2n) is 6.12. The van der Waals surface area contributed by atoms with Gasteiger partial charge in [0.2, 0.25) is 12.0 Å². The van der Waals surface area contributed by atoms with E-state index in [9.17, 15) is 4.79 Å². The van der Waals surface area contributed by atoms with Crippen LogP contribution in [0.1, 0.15) is 24.5 Å². The van der Waals surface area contributed by atoms with Crippen LogP contribution in [0.5, 0.6) is 11.5 Å². The number of ether oxygens (including phenoxy) is 2. The number of likely N-dealkylation sites (tertiary alicyclic amines) is 1. The smallest absolute Gasteiger partial charge is 0.267 e. The number of amides is 1. The number of nitrogens with zero attached hydrogens (tertiary/aromatic N) is 2. The molecule has 0 spiro atoms. The number of piperidine rings is 1. The van der Waals surface area contributed by atoms with Gasteiger partial charge in [-0.25, -0.2) is 0 Å². The van der Waals surface area contributed by atoms with Crippen molar-refractivity contribution in [2.75, 3.05) is 25.4 Å². The number of para-hydroxylation sites is 2. The average molecular weight is 329 g/mol. The van der Waals surface area contributed by atoms with E-state index >= 15 is 0 Å². The summed E-state index contributed by atoms with van der Waals surface area (Å²) in [6.45, 7) is 1.57. The lowest BCUT2D eigenvalue weighted by molar-refractivity contribution is -0.142. The van der Waals surface area contributed by atoms with Crippen LogP contribution in [0.4, 0.5) is 5.88 Å². The van der Waals surface area contributed by atoms with Crippen LogP contribution in [0.2, 0.25) is 0 Å². The minimum atomic E-state index is -0.584. The maximum atomic E-state index is 12.7. The zero-order chi connectivity index (χ0) is 16.5. The molecule has 4 rings (SSSR count). The van der Waals surface area contributed by atoms with Gasteiger partial charge in [0.25, 0.3) is 5.91 Å². The number of benzene rings is 1. The van der Waals surface area contributed by atoms with Crippen LogP contribution >= 0.6 is 0 Å². The molecular formula is C17H19N3O4. The molecule has 0 radical (unpaired) electrons. The molecule has 1 aromatic heterocycles. The van der Waals surface area contributed by atoms with E-state index in [1.807, 2.05) is 29.2 Å². The maximum absolute atomic E-state index is 12.7. The number of hydrogen-bond donors (Lipinski definition) is 1. The Morgan fingerprint density at radius 2 is 1.96 bits per heavy atom. The highest BCUT2D eigenvalue weighted by Crippen LogP contribution is 2.32. The first-order valence-electron chi connectivity index (χ1n) is 8.10. The van der Waals surface area contributed by atoms with Crippen LogP contribution in [0.15, 0.2) is 34.9 Å². The number of carbonyl (C=O) groups is 1. The molecule has 0 saturated carbocycles. The predicted octanol–water partition coefficient (Wildman–Crippen LogP) is 1.80. The molecule has 2 aliphatic heterocycles. The van der Waals surface area contributed by atoms with Crippen LogP contribution in [0, 0.1) is 0 Å². The fourth-order valence-corrected chi connectivity index (χ4v) is 3.24. The third-order valence-corrected chi connectivity index (χ3v) is 4.56. The van der Waals surface area contributed by atoms with Gasteiger partial charge in [0.05, 0.1) is 5.69 Å². The number of nitrogens with two attached hydrogens (primary N) is 1. The molecule has 1 aromatic carbocycles. The zero-order valence-corrected chi connectivity index (χ0v) is 13.2. The van der Waals surface area contributed by atoms with Crippen molar-refractivity contribution in [3.8, 4) is 11.5 Å². The van der Waals surface area contributed by atoms with E-state index in [0.717, 1.165) is 18.5 Å². The molecule has 7 heteroatoms. The van der Waals surface area contributed by atoms with E-state index in [-0.39, 0.29) is 18.4 Å². The quantitative estimate of drug-likeness (QED) is 0.903. The van der Waals surface area contributed by atoms with E-state index < -0.39 is 6.10 Å². The molecule has 3 heterocycles. The first-order valence-corrected chi connectivity index (χ1v) is 8.10. The van der Waals surface area contributed by atoms with Gasteiger partial charge in [0, 0.05) is 25.1 Å². The van der Waals surface area contributed by atoms with Crippen LogP contribution in [0.3, 0.4) is 0 Å². The summed E-state index contributed by atoms with van der Waals surface area (Å²) >= 11 is 0. The number of anilines is 1. The van der Waals surface area contributed by atoms with E-state index in [4.69, 9.17) is 19.7 Å². The Morgan fingerprint density at radius 1 is 1.21 bits per heavy atom. The average Bonchev–Trinajstić information content (AvgIpc) is 3.07. The van der Waals surface area contributed by atoms with Crippen molar-refractivity contribution < 1.29 is 18.8 Å². The van der Waals surface area contributed by atoms with E-state index in [0.29, 0.717) is 30.5 Å². The number of hydrogen-bond acceptors (Lipinski definition) is 6. The van der Waals surface area contributed by atoms with Crippen molar-refractivity contribution in [2.45, 2.75) is 24.9 Å². The van der Waals surface area contributed by atoms with Gasteiger partial charge in [-0.05, 0) is 25.0 Å². The molecule has 2 N–H and O–H groups in total. The lowest BCUT2D eigenvalue weighted by Gasteiger charge is -2.34. The Hall–Kier alpha value is -2.70. The molecule has 2 aliphatic rings. The first-order chi connectivity index (χ1) is 11.7. The monoisotopic (exact) mass is 329 g/mol. The van der Waals surface area contributed by atoms with Crippen molar-refractivity contribution in [3.05, 3.63) is 36.0 Å². The Labute approximate surface area is 139 Å². The maximum Gasteiger partial charge on any atom is 0.267 e. The molecule has 126 valence electrons. The SMILES string of the molecule is Nc1cc(C2CCN(C(=O)[C@H]3COc4ccccc4O3)CC2)no1. The second-order valence-corrected chi connectivity index (χ2v) is 6.12. The standard InChI is InChI=1S/C17H19N3O4/c18-16-9-12(19-24-16)11-5-7-20(8-6-11)17(21)15-10-22-13-3-1-2-4-14(13)23-15/h1-4,9,11,15H,5-8,10,18H2/t15-/m1/s1. The Bertz CT molecular complexity index is 737. The third kappa shape index (κ3) is 2.77. The second kappa shape index (κ2) is 6.07. The molecule has 1 amide bonds. The number of aromatic nitrogens is 1. The van der Waals surface area contributed by atoms with Crippen molar-refractivity contribution in [3.63, 3.8) is 0 Å². The molecule has 0 aliphatic carbocycles. The molecular weight excluding hydrogens is 310 g/mol. The van der Waals surface area contributed by atoms with Gasteiger partial charge in [0.15, 0.2) is 11.5 Å². The summed E-state index contributed by atoms with van der Waals surface area (Å²) < 4.78 is 16.4. The van der Waals surface area contributed by atoms with Crippen molar-refractivity contribution in [2.24, 2.45) is 0 Å². The summed E-state index contributed by atoms with van der Waals surface area (Å²) in [5.74, 6) is 1.89. The minimum Gasteiger partial charge on any atom is -0.485 e. The predicted molar refractivity (Wildman–Crippen MR) is 85.8 cm³/mol. The molecule has 1 atom stereocenters. The molecule has 0 bridgehead atoms. The summed E-state index contributed by atoms with van der Waals surface area (Å²) in [5.41, 5.74) is 6.44. The number of carbonyl (C=O) groups excluding carboxylic acids is 1. The van der Waals surface area contributed by atoms with E-state index in [2.05, 4.69) is 5.16 Å². The van der Waals surface area contributed by atoms with Gasteiger partial charge in [-0.3, -0.25) is 4.79 Å². The Balaban J connectivity index is 1.37. The Morgan fingerprint density at radius 3 is 2.67 bits per heavy atom. The zero-order valence-electron chi connectivity index (χ0n) is 13.2. The van der Waals surface area contributed by atoms with E-state index in [1.54, 1.807) is 6.07 Å². The Kier molecular flexibility index (Phi) is 3.76. The fourth-order valence-electron chi connectivity index (χ4n) is 3.24. The summed E-state index contributed by atoms with van der Waals surface area (Å²) in [4.78, 5) is 14.5. The number of rotatable bonds is 2. The lowest BCUT2D eigenvalue weighted by Crippen LogP contribution is -2.48. The van der Waals surface area contributed by atoms with E-state index in [1.165, 1.54) is 0 Å². The fraction of sp³-hybridized carbons (Fsp3) is 0.412. The van der Waals surface area contributed by atoms with Crippen molar-refractivity contribution >= 4 is 11.8 Å². The molecule has 1 saturated heterocycles.